The molecule has 25 heavy (non-hydrogen) atoms. The summed E-state index contributed by atoms with van der Waals surface area (Å²) in [7, 11) is 0. The summed E-state index contributed by atoms with van der Waals surface area (Å²) in [6.45, 7) is 0.858. The Morgan fingerprint density at radius 2 is 2.04 bits per heavy atom. The molecular weight excluding hydrogens is 321 g/mol. The van der Waals surface area contributed by atoms with Gasteiger partial charge in [0.1, 0.15) is 11.6 Å². The van der Waals surface area contributed by atoms with E-state index in [1.807, 2.05) is 12.1 Å². The normalized spacial score (nSPS) is 10.4. The van der Waals surface area contributed by atoms with Crippen LogP contribution in [0.15, 0.2) is 65.5 Å². The molecule has 0 fully saturated rings. The Balaban J connectivity index is 1.53. The molecule has 0 saturated carbocycles. The van der Waals surface area contributed by atoms with Gasteiger partial charge in [0.2, 0.25) is 0 Å². The zero-order valence-corrected chi connectivity index (χ0v) is 13.5. The largest absolute Gasteiger partial charge is 0.467 e. The molecule has 0 saturated heterocycles. The van der Waals surface area contributed by atoms with E-state index in [1.165, 1.54) is 12.3 Å². The molecule has 3 aromatic rings. The van der Waals surface area contributed by atoms with E-state index in [0.717, 1.165) is 11.4 Å². The van der Waals surface area contributed by atoms with Gasteiger partial charge in [-0.2, -0.15) is 0 Å². The lowest BCUT2D eigenvalue weighted by atomic mass is 10.1. The summed E-state index contributed by atoms with van der Waals surface area (Å²) in [5.74, 6) is 0.285. The average molecular weight is 339 g/mol. The predicted molar refractivity (Wildman–Crippen MR) is 92.7 cm³/mol. The Morgan fingerprint density at radius 1 is 1.16 bits per heavy atom. The Kier molecular flexibility index (Phi) is 5.41. The van der Waals surface area contributed by atoms with Gasteiger partial charge in [-0.1, -0.05) is 18.2 Å². The highest BCUT2D eigenvalue weighted by molar-refractivity contribution is 5.94. The van der Waals surface area contributed by atoms with Crippen LogP contribution in [0.1, 0.15) is 21.7 Å². The first-order valence-corrected chi connectivity index (χ1v) is 7.95. The number of pyridine rings is 1. The first-order valence-electron chi connectivity index (χ1n) is 7.95. The zero-order valence-electron chi connectivity index (χ0n) is 13.5. The summed E-state index contributed by atoms with van der Waals surface area (Å²) in [5, 5.41) is 5.93. The fourth-order valence-electron chi connectivity index (χ4n) is 2.38. The Labute approximate surface area is 144 Å². The van der Waals surface area contributed by atoms with Crippen LogP contribution in [0.25, 0.3) is 0 Å². The third kappa shape index (κ3) is 4.67. The van der Waals surface area contributed by atoms with Crippen molar-refractivity contribution in [2.45, 2.75) is 13.0 Å². The number of carbonyl (C=O) groups excluding carboxylic acids is 1. The van der Waals surface area contributed by atoms with Gasteiger partial charge in [-0.25, -0.2) is 4.39 Å². The number of aromatic nitrogens is 1. The number of hydrogen-bond donors (Lipinski definition) is 2. The lowest BCUT2D eigenvalue weighted by Gasteiger charge is -2.08. The van der Waals surface area contributed by atoms with Crippen molar-refractivity contribution in [3.05, 3.63) is 83.8 Å². The summed E-state index contributed by atoms with van der Waals surface area (Å²) in [5.41, 5.74) is 1.74. The minimum Gasteiger partial charge on any atom is -0.467 e. The molecule has 0 aliphatic heterocycles. The van der Waals surface area contributed by atoms with Crippen molar-refractivity contribution in [3.63, 3.8) is 0 Å². The average Bonchev–Trinajstić information content (AvgIpc) is 3.15. The molecule has 2 aromatic heterocycles. The topological polar surface area (TPSA) is 67.2 Å². The van der Waals surface area contributed by atoms with E-state index in [2.05, 4.69) is 15.6 Å². The number of benzene rings is 1. The van der Waals surface area contributed by atoms with E-state index >= 15 is 0 Å². The van der Waals surface area contributed by atoms with Gasteiger partial charge >= 0.3 is 0 Å². The highest BCUT2D eigenvalue weighted by atomic mass is 19.1. The van der Waals surface area contributed by atoms with Crippen LogP contribution in [0.3, 0.4) is 0 Å². The number of halogens is 1. The fourth-order valence-corrected chi connectivity index (χ4v) is 2.38. The maximum absolute atomic E-state index is 13.6. The summed E-state index contributed by atoms with van der Waals surface area (Å²) >= 11 is 0. The maximum atomic E-state index is 13.6. The summed E-state index contributed by atoms with van der Waals surface area (Å²) in [6.07, 6.45) is 5.17. The van der Waals surface area contributed by atoms with Crippen molar-refractivity contribution in [2.75, 3.05) is 11.9 Å². The van der Waals surface area contributed by atoms with Crippen molar-refractivity contribution in [1.82, 2.24) is 10.3 Å². The van der Waals surface area contributed by atoms with Gasteiger partial charge in [0.25, 0.3) is 5.91 Å². The molecule has 0 aliphatic carbocycles. The van der Waals surface area contributed by atoms with Crippen LogP contribution in [-0.2, 0) is 13.0 Å². The molecule has 3 rings (SSSR count). The molecule has 0 spiro atoms. The molecule has 0 radical (unpaired) electrons. The van der Waals surface area contributed by atoms with Crippen molar-refractivity contribution >= 4 is 11.6 Å². The first-order chi connectivity index (χ1) is 12.2. The maximum Gasteiger partial charge on any atom is 0.252 e. The molecule has 0 bridgehead atoms. The number of nitrogens with one attached hydrogen (secondary N) is 2. The lowest BCUT2D eigenvalue weighted by molar-refractivity contribution is 0.0953. The smallest absolute Gasteiger partial charge is 0.252 e. The van der Waals surface area contributed by atoms with Crippen LogP contribution in [-0.4, -0.2) is 17.4 Å². The Morgan fingerprint density at radius 3 is 2.84 bits per heavy atom. The van der Waals surface area contributed by atoms with Crippen molar-refractivity contribution in [3.8, 4) is 0 Å². The second-order valence-electron chi connectivity index (χ2n) is 5.49. The van der Waals surface area contributed by atoms with E-state index in [9.17, 15) is 9.18 Å². The third-order valence-corrected chi connectivity index (χ3v) is 3.69. The molecule has 0 unspecified atom stereocenters. The minimum absolute atomic E-state index is 0.245. The number of hydrogen-bond acceptors (Lipinski definition) is 4. The minimum atomic E-state index is -0.262. The SMILES string of the molecule is O=C(NCCc1ccccc1F)c1cncc(NCc2ccco2)c1. The third-order valence-electron chi connectivity index (χ3n) is 3.69. The second-order valence-corrected chi connectivity index (χ2v) is 5.49. The van der Waals surface area contributed by atoms with Crippen molar-refractivity contribution < 1.29 is 13.6 Å². The molecule has 2 N–H and O–H groups in total. The molecule has 1 aromatic carbocycles. The molecule has 6 heteroatoms. The number of amides is 1. The van der Waals surface area contributed by atoms with Crippen LogP contribution >= 0.6 is 0 Å². The van der Waals surface area contributed by atoms with Gasteiger partial charge < -0.3 is 15.1 Å². The van der Waals surface area contributed by atoms with Crippen LogP contribution in [0.2, 0.25) is 0 Å². The van der Waals surface area contributed by atoms with E-state index in [0.29, 0.717) is 30.6 Å². The van der Waals surface area contributed by atoms with E-state index in [-0.39, 0.29) is 11.7 Å². The van der Waals surface area contributed by atoms with Crippen LogP contribution in [0, 0.1) is 5.82 Å². The van der Waals surface area contributed by atoms with Crippen LogP contribution < -0.4 is 10.6 Å². The van der Waals surface area contributed by atoms with Gasteiger partial charge in [-0.15, -0.1) is 0 Å². The zero-order chi connectivity index (χ0) is 17.5. The summed E-state index contributed by atoms with van der Waals surface area (Å²) < 4.78 is 18.8. The second kappa shape index (κ2) is 8.10. The molecule has 1 amide bonds. The number of furan rings is 1. The standard InChI is InChI=1S/C19H18FN3O2/c20-18-6-2-1-4-14(18)7-8-22-19(24)15-10-16(12-21-11-15)23-13-17-5-3-9-25-17/h1-6,9-12,23H,7-8,13H2,(H,22,24). The number of rotatable bonds is 7. The molecule has 5 nitrogen and oxygen atoms in total. The first kappa shape index (κ1) is 16.7. The Bertz CT molecular complexity index is 834. The quantitative estimate of drug-likeness (QED) is 0.692. The number of anilines is 1. The van der Waals surface area contributed by atoms with Gasteiger partial charge in [-0.05, 0) is 36.2 Å². The van der Waals surface area contributed by atoms with Crippen LogP contribution in [0.4, 0.5) is 10.1 Å². The number of nitrogens with zero attached hydrogens (tertiary/aromatic N) is 1. The highest BCUT2D eigenvalue weighted by Gasteiger charge is 2.08. The van der Waals surface area contributed by atoms with Gasteiger partial charge in [-0.3, -0.25) is 9.78 Å². The van der Waals surface area contributed by atoms with Gasteiger partial charge in [0, 0.05) is 18.9 Å². The summed E-state index contributed by atoms with van der Waals surface area (Å²) in [6, 6.07) is 11.9. The number of carbonyl (C=O) groups is 1. The van der Waals surface area contributed by atoms with Gasteiger partial charge in [0.05, 0.1) is 24.1 Å². The fraction of sp³-hybridized carbons (Fsp3) is 0.158. The summed E-state index contributed by atoms with van der Waals surface area (Å²) in [4.78, 5) is 16.3. The lowest BCUT2D eigenvalue weighted by Crippen LogP contribution is -2.26. The Hall–Kier alpha value is -3.15. The molecule has 0 aliphatic rings. The van der Waals surface area contributed by atoms with E-state index in [1.54, 1.807) is 36.7 Å². The van der Waals surface area contributed by atoms with Crippen molar-refractivity contribution in [2.24, 2.45) is 0 Å². The van der Waals surface area contributed by atoms with Crippen molar-refractivity contribution in [1.29, 1.82) is 0 Å². The van der Waals surface area contributed by atoms with Crippen LogP contribution in [0.5, 0.6) is 0 Å². The van der Waals surface area contributed by atoms with E-state index in [4.69, 9.17) is 4.42 Å². The molecule has 128 valence electrons. The monoisotopic (exact) mass is 339 g/mol. The molecule has 2 heterocycles. The highest BCUT2D eigenvalue weighted by Crippen LogP contribution is 2.11. The van der Waals surface area contributed by atoms with Gasteiger partial charge in [0.15, 0.2) is 0 Å². The molecular formula is C19H18FN3O2. The molecule has 0 atom stereocenters. The predicted octanol–water partition coefficient (Wildman–Crippen LogP) is 3.40. The van der Waals surface area contributed by atoms with E-state index < -0.39 is 0 Å².